The molecule has 0 atom stereocenters. The molecular formula is C58H40N2O. The molecule has 3 heteroatoms. The maximum Gasteiger partial charge on any atom is 0.137 e. The molecule has 0 spiro atoms. The largest absolute Gasteiger partial charge is 0.456 e. The van der Waals surface area contributed by atoms with Gasteiger partial charge in [-0.05, 0) is 112 Å². The summed E-state index contributed by atoms with van der Waals surface area (Å²) >= 11 is 0. The van der Waals surface area contributed by atoms with Crippen LogP contribution in [0.25, 0.3) is 66.1 Å². The number of anilines is 6. The normalized spacial score (nSPS) is 11.3. The number of furan rings is 1. The minimum atomic E-state index is 0.871. The topological polar surface area (TPSA) is 19.6 Å². The highest BCUT2D eigenvalue weighted by Gasteiger charge is 2.21. The third-order valence-corrected chi connectivity index (χ3v) is 11.7. The Bertz CT molecular complexity index is 3180. The summed E-state index contributed by atoms with van der Waals surface area (Å²) < 4.78 is 6.33. The molecule has 11 aromatic rings. The minimum Gasteiger partial charge on any atom is -0.456 e. The molecule has 0 saturated carbocycles. The fourth-order valence-corrected chi connectivity index (χ4v) is 8.76. The van der Waals surface area contributed by atoms with Crippen LogP contribution in [0.15, 0.2) is 247 Å². The van der Waals surface area contributed by atoms with E-state index in [1.54, 1.807) is 0 Å². The van der Waals surface area contributed by atoms with Crippen molar-refractivity contribution >= 4 is 66.8 Å². The second kappa shape index (κ2) is 15.6. The monoisotopic (exact) mass is 780 g/mol. The SMILES string of the molecule is c1ccc(-c2ccc(N(c3ccc(-c4ccccc4)cc3)c3ccc(-c4ccc(N(c5ccccc5)c5cccc6oc7ccccc7c56)cc4)c4ccccc34)cc2)cc1. The van der Waals surface area contributed by atoms with Crippen molar-refractivity contribution in [3.05, 3.63) is 243 Å². The first-order chi connectivity index (χ1) is 30.3. The predicted molar refractivity (Wildman–Crippen MR) is 257 cm³/mol. The Morgan fingerprint density at radius 1 is 0.246 bits per heavy atom. The van der Waals surface area contributed by atoms with Crippen LogP contribution in [0.2, 0.25) is 0 Å². The van der Waals surface area contributed by atoms with Gasteiger partial charge in [0.15, 0.2) is 0 Å². The van der Waals surface area contributed by atoms with Crippen LogP contribution >= 0.6 is 0 Å². The minimum absolute atomic E-state index is 0.871. The number of para-hydroxylation sites is 2. The van der Waals surface area contributed by atoms with Gasteiger partial charge in [-0.25, -0.2) is 0 Å². The zero-order valence-corrected chi connectivity index (χ0v) is 33.4. The van der Waals surface area contributed by atoms with Crippen molar-refractivity contribution in [1.29, 1.82) is 0 Å². The van der Waals surface area contributed by atoms with Gasteiger partial charge in [-0.1, -0.05) is 170 Å². The van der Waals surface area contributed by atoms with Crippen LogP contribution in [0.5, 0.6) is 0 Å². The smallest absolute Gasteiger partial charge is 0.137 e. The molecule has 0 unspecified atom stereocenters. The maximum absolute atomic E-state index is 6.33. The Labute approximate surface area is 355 Å². The second-order valence-corrected chi connectivity index (χ2v) is 15.3. The van der Waals surface area contributed by atoms with E-state index in [1.807, 2.05) is 12.1 Å². The molecule has 1 heterocycles. The molecule has 0 fully saturated rings. The zero-order valence-electron chi connectivity index (χ0n) is 33.4. The number of hydrogen-bond donors (Lipinski definition) is 0. The standard InChI is InChI=1S/C58H40N2O/c1-4-15-41(16-5-1)43-27-33-47(34-28-43)59(48-35-29-44(30-36-48)42-17-6-2-7-18-42)54-40-39-50(51-21-10-11-22-52(51)54)45-31-37-49(38-32-45)60(46-19-8-3-9-20-46)55-24-14-26-57-58(55)53-23-12-13-25-56(53)61-57/h1-40H. The molecule has 0 N–H and O–H groups in total. The van der Waals surface area contributed by atoms with E-state index in [0.717, 1.165) is 61.6 Å². The summed E-state index contributed by atoms with van der Waals surface area (Å²) in [6.45, 7) is 0. The fourth-order valence-electron chi connectivity index (χ4n) is 8.76. The lowest BCUT2D eigenvalue weighted by atomic mass is 9.95. The highest BCUT2D eigenvalue weighted by Crippen LogP contribution is 2.45. The van der Waals surface area contributed by atoms with Gasteiger partial charge in [0.05, 0.1) is 16.8 Å². The van der Waals surface area contributed by atoms with Gasteiger partial charge in [-0.15, -0.1) is 0 Å². The van der Waals surface area contributed by atoms with Gasteiger partial charge in [0.25, 0.3) is 0 Å². The molecular weight excluding hydrogens is 741 g/mol. The van der Waals surface area contributed by atoms with Gasteiger partial charge in [0, 0.05) is 33.5 Å². The lowest BCUT2D eigenvalue weighted by Gasteiger charge is -2.28. The van der Waals surface area contributed by atoms with E-state index >= 15 is 0 Å². The van der Waals surface area contributed by atoms with Crippen LogP contribution in [0.4, 0.5) is 34.1 Å². The van der Waals surface area contributed by atoms with Crippen LogP contribution in [-0.2, 0) is 0 Å². The Kier molecular flexibility index (Phi) is 9.18. The van der Waals surface area contributed by atoms with E-state index < -0.39 is 0 Å². The Balaban J connectivity index is 1.01. The lowest BCUT2D eigenvalue weighted by molar-refractivity contribution is 0.669. The van der Waals surface area contributed by atoms with Crippen molar-refractivity contribution in [2.45, 2.75) is 0 Å². The predicted octanol–water partition coefficient (Wildman–Crippen LogP) is 16.7. The van der Waals surface area contributed by atoms with Crippen molar-refractivity contribution in [2.75, 3.05) is 9.80 Å². The van der Waals surface area contributed by atoms with E-state index in [0.29, 0.717) is 0 Å². The van der Waals surface area contributed by atoms with Gasteiger partial charge in [-0.3, -0.25) is 0 Å². The molecule has 0 radical (unpaired) electrons. The average Bonchev–Trinajstić information content (AvgIpc) is 3.73. The molecule has 0 saturated heterocycles. The summed E-state index contributed by atoms with van der Waals surface area (Å²) in [4.78, 5) is 4.72. The van der Waals surface area contributed by atoms with Gasteiger partial charge in [0.2, 0.25) is 0 Å². The van der Waals surface area contributed by atoms with Crippen LogP contribution < -0.4 is 9.80 Å². The van der Waals surface area contributed by atoms with Gasteiger partial charge in [-0.2, -0.15) is 0 Å². The van der Waals surface area contributed by atoms with Crippen molar-refractivity contribution in [3.8, 4) is 33.4 Å². The van der Waals surface area contributed by atoms with Gasteiger partial charge >= 0.3 is 0 Å². The second-order valence-electron chi connectivity index (χ2n) is 15.3. The Hall–Kier alpha value is -8.14. The number of hydrogen-bond acceptors (Lipinski definition) is 3. The maximum atomic E-state index is 6.33. The van der Waals surface area contributed by atoms with Gasteiger partial charge in [0.1, 0.15) is 11.2 Å². The molecule has 10 aromatic carbocycles. The molecule has 288 valence electrons. The van der Waals surface area contributed by atoms with Crippen LogP contribution in [0.3, 0.4) is 0 Å². The zero-order chi connectivity index (χ0) is 40.5. The molecule has 11 rings (SSSR count). The van der Waals surface area contributed by atoms with Crippen molar-refractivity contribution in [2.24, 2.45) is 0 Å². The summed E-state index contributed by atoms with van der Waals surface area (Å²) in [5, 5.41) is 4.56. The number of fused-ring (bicyclic) bond motifs is 4. The number of benzene rings is 10. The first-order valence-electron chi connectivity index (χ1n) is 20.8. The lowest BCUT2D eigenvalue weighted by Crippen LogP contribution is -2.11. The fraction of sp³-hybridized carbons (Fsp3) is 0. The average molecular weight is 781 g/mol. The third kappa shape index (κ3) is 6.69. The summed E-state index contributed by atoms with van der Waals surface area (Å²) in [6.07, 6.45) is 0. The van der Waals surface area contributed by atoms with E-state index in [9.17, 15) is 0 Å². The van der Waals surface area contributed by atoms with E-state index in [2.05, 4.69) is 240 Å². The molecule has 61 heavy (non-hydrogen) atoms. The van der Waals surface area contributed by atoms with E-state index in [-0.39, 0.29) is 0 Å². The highest BCUT2D eigenvalue weighted by molar-refractivity contribution is 6.13. The van der Waals surface area contributed by atoms with E-state index in [4.69, 9.17) is 4.42 Å². The molecule has 0 bridgehead atoms. The van der Waals surface area contributed by atoms with Crippen LogP contribution in [0.1, 0.15) is 0 Å². The quantitative estimate of drug-likeness (QED) is 0.145. The Morgan fingerprint density at radius 3 is 1.26 bits per heavy atom. The van der Waals surface area contributed by atoms with Crippen LogP contribution in [0, 0.1) is 0 Å². The molecule has 0 amide bonds. The summed E-state index contributed by atoms with van der Waals surface area (Å²) in [7, 11) is 0. The molecule has 0 aliphatic rings. The summed E-state index contributed by atoms with van der Waals surface area (Å²) in [5.74, 6) is 0. The van der Waals surface area contributed by atoms with Gasteiger partial charge < -0.3 is 14.2 Å². The molecule has 0 aliphatic heterocycles. The molecule has 3 nitrogen and oxygen atoms in total. The summed E-state index contributed by atoms with van der Waals surface area (Å²) in [6, 6.07) is 86.5. The first-order valence-corrected chi connectivity index (χ1v) is 20.8. The molecule has 1 aromatic heterocycles. The van der Waals surface area contributed by atoms with Crippen molar-refractivity contribution < 1.29 is 4.42 Å². The third-order valence-electron chi connectivity index (χ3n) is 11.7. The molecule has 0 aliphatic carbocycles. The number of nitrogens with zero attached hydrogens (tertiary/aromatic N) is 2. The summed E-state index contributed by atoms with van der Waals surface area (Å²) in [5.41, 5.74) is 15.4. The van der Waals surface area contributed by atoms with Crippen molar-refractivity contribution in [3.63, 3.8) is 0 Å². The van der Waals surface area contributed by atoms with Crippen molar-refractivity contribution in [1.82, 2.24) is 0 Å². The Morgan fingerprint density at radius 2 is 0.672 bits per heavy atom. The first kappa shape index (κ1) is 36.0. The van der Waals surface area contributed by atoms with Crippen LogP contribution in [-0.4, -0.2) is 0 Å². The highest BCUT2D eigenvalue weighted by atomic mass is 16.3. The van der Waals surface area contributed by atoms with E-state index in [1.165, 1.54) is 38.6 Å². The number of rotatable bonds is 9.